The fraction of sp³-hybridized carbons (Fsp3) is 0.417. The van der Waals surface area contributed by atoms with Crippen LogP contribution in [0.2, 0.25) is 5.02 Å². The van der Waals surface area contributed by atoms with Gasteiger partial charge in [-0.05, 0) is 24.9 Å². The summed E-state index contributed by atoms with van der Waals surface area (Å²) in [4.78, 5) is 0. The number of fused-ring (bicyclic) bond motifs is 2. The van der Waals surface area contributed by atoms with Gasteiger partial charge in [0, 0.05) is 17.3 Å². The van der Waals surface area contributed by atoms with E-state index >= 15 is 0 Å². The molecule has 1 aromatic carbocycles. The van der Waals surface area contributed by atoms with Crippen molar-refractivity contribution in [3.05, 3.63) is 28.9 Å². The second kappa shape index (κ2) is 2.79. The molecule has 4 rings (SSSR count). The molecule has 16 heavy (non-hydrogen) atoms. The zero-order valence-corrected chi connectivity index (χ0v) is 9.51. The molecule has 0 bridgehead atoms. The van der Waals surface area contributed by atoms with Crippen LogP contribution in [0.3, 0.4) is 0 Å². The van der Waals surface area contributed by atoms with E-state index in [4.69, 9.17) is 11.6 Å². The van der Waals surface area contributed by atoms with E-state index in [0.717, 1.165) is 29.5 Å². The van der Waals surface area contributed by atoms with Gasteiger partial charge in [-0.3, -0.25) is 5.10 Å². The molecule has 2 atom stereocenters. The van der Waals surface area contributed by atoms with E-state index in [-0.39, 0.29) is 0 Å². The number of nitrogens with zero attached hydrogens (tertiary/aromatic N) is 1. The van der Waals surface area contributed by atoms with Crippen molar-refractivity contribution in [1.29, 1.82) is 0 Å². The molecule has 2 N–H and O–H groups in total. The Bertz CT molecular complexity index is 577. The van der Waals surface area contributed by atoms with Crippen LogP contribution in [0.25, 0.3) is 10.9 Å². The van der Waals surface area contributed by atoms with E-state index in [9.17, 15) is 0 Å². The molecule has 2 aromatic rings. The van der Waals surface area contributed by atoms with Crippen LogP contribution in [0.5, 0.6) is 0 Å². The Morgan fingerprint density at radius 1 is 1.44 bits per heavy atom. The minimum Gasteiger partial charge on any atom is -0.315 e. The highest BCUT2D eigenvalue weighted by atomic mass is 35.5. The molecular formula is C12H12ClN3. The van der Waals surface area contributed by atoms with E-state index in [2.05, 4.69) is 21.6 Å². The van der Waals surface area contributed by atoms with Crippen LogP contribution < -0.4 is 5.32 Å². The van der Waals surface area contributed by atoms with E-state index in [1.54, 1.807) is 0 Å². The van der Waals surface area contributed by atoms with Gasteiger partial charge in [-0.15, -0.1) is 0 Å². The molecule has 1 saturated carbocycles. The van der Waals surface area contributed by atoms with Gasteiger partial charge in [0.15, 0.2) is 0 Å². The van der Waals surface area contributed by atoms with Crippen LogP contribution in [0.15, 0.2) is 18.2 Å². The average molecular weight is 234 g/mol. The molecule has 4 heteroatoms. The lowest BCUT2D eigenvalue weighted by atomic mass is 9.98. The Morgan fingerprint density at radius 2 is 2.38 bits per heavy atom. The zero-order valence-electron chi connectivity index (χ0n) is 8.76. The van der Waals surface area contributed by atoms with Crippen LogP contribution in [-0.2, 0) is 5.41 Å². The molecule has 3 nitrogen and oxygen atoms in total. The molecule has 2 heterocycles. The minimum atomic E-state index is 0.295. The molecule has 0 amide bonds. The molecule has 0 radical (unpaired) electrons. The van der Waals surface area contributed by atoms with Gasteiger partial charge in [-0.25, -0.2) is 0 Å². The molecule has 1 aromatic heterocycles. The van der Waals surface area contributed by atoms with E-state index in [1.165, 1.54) is 17.5 Å². The summed E-state index contributed by atoms with van der Waals surface area (Å²) in [5.41, 5.74) is 2.48. The first-order chi connectivity index (χ1) is 7.81. The molecule has 82 valence electrons. The number of aromatic nitrogens is 2. The summed E-state index contributed by atoms with van der Waals surface area (Å²) in [6, 6.07) is 6.02. The quantitative estimate of drug-likeness (QED) is 0.792. The topological polar surface area (TPSA) is 40.7 Å². The Labute approximate surface area is 98.2 Å². The number of piperidine rings is 1. The first-order valence-electron chi connectivity index (χ1n) is 5.65. The lowest BCUT2D eigenvalue weighted by molar-refractivity contribution is 0.658. The van der Waals surface area contributed by atoms with Crippen LogP contribution in [0, 0.1) is 5.92 Å². The Hall–Kier alpha value is -1.06. The van der Waals surface area contributed by atoms with Crippen LogP contribution >= 0.6 is 11.6 Å². The second-order valence-corrected chi connectivity index (χ2v) is 5.33. The monoisotopic (exact) mass is 233 g/mol. The third kappa shape index (κ3) is 0.955. The van der Waals surface area contributed by atoms with Gasteiger partial charge < -0.3 is 5.32 Å². The predicted molar refractivity (Wildman–Crippen MR) is 63.8 cm³/mol. The zero-order chi connectivity index (χ0) is 10.8. The largest absolute Gasteiger partial charge is 0.315 e. The van der Waals surface area contributed by atoms with Gasteiger partial charge in [0.25, 0.3) is 0 Å². The van der Waals surface area contributed by atoms with E-state index < -0.39 is 0 Å². The number of hydrogen-bond donors (Lipinski definition) is 2. The maximum Gasteiger partial charge on any atom is 0.0839 e. The van der Waals surface area contributed by atoms with Crippen molar-refractivity contribution in [2.24, 2.45) is 5.92 Å². The molecule has 0 spiro atoms. The average Bonchev–Trinajstić information content (AvgIpc) is 2.70. The standard InChI is InChI=1S/C12H12ClN3/c13-9-3-1-2-8-10(9)15-16-11(8)12-4-7(12)5-14-6-12/h1-3,7,14H,4-6H2,(H,15,16)/t7-,12?/m1/s1. The molecule has 1 saturated heterocycles. The van der Waals surface area contributed by atoms with Crippen molar-refractivity contribution < 1.29 is 0 Å². The number of hydrogen-bond acceptors (Lipinski definition) is 2. The Kier molecular flexibility index (Phi) is 1.57. The van der Waals surface area contributed by atoms with Gasteiger partial charge in [-0.2, -0.15) is 5.10 Å². The van der Waals surface area contributed by atoms with Crippen molar-refractivity contribution in [3.8, 4) is 0 Å². The molecule has 1 aliphatic carbocycles. The van der Waals surface area contributed by atoms with Gasteiger partial charge in [0.2, 0.25) is 0 Å². The summed E-state index contributed by atoms with van der Waals surface area (Å²) < 4.78 is 0. The normalized spacial score (nSPS) is 31.9. The fourth-order valence-electron chi connectivity index (χ4n) is 3.09. The number of benzene rings is 1. The van der Waals surface area contributed by atoms with Gasteiger partial charge in [0.05, 0.1) is 16.2 Å². The van der Waals surface area contributed by atoms with Gasteiger partial charge in [0.1, 0.15) is 0 Å². The fourth-order valence-corrected chi connectivity index (χ4v) is 3.31. The number of H-pyrrole nitrogens is 1. The number of aromatic amines is 1. The highest BCUT2D eigenvalue weighted by molar-refractivity contribution is 6.35. The van der Waals surface area contributed by atoms with Crippen LogP contribution in [0.1, 0.15) is 12.1 Å². The maximum absolute atomic E-state index is 6.15. The van der Waals surface area contributed by atoms with Crippen molar-refractivity contribution in [2.75, 3.05) is 13.1 Å². The maximum atomic E-state index is 6.15. The Morgan fingerprint density at radius 3 is 3.12 bits per heavy atom. The molecule has 2 fully saturated rings. The third-order valence-electron chi connectivity index (χ3n) is 4.08. The lowest BCUT2D eigenvalue weighted by Gasteiger charge is -2.08. The third-order valence-corrected chi connectivity index (χ3v) is 4.40. The van der Waals surface area contributed by atoms with Crippen molar-refractivity contribution >= 4 is 22.5 Å². The molecular weight excluding hydrogens is 222 g/mol. The first kappa shape index (κ1) is 9.02. The molecule has 1 aliphatic heterocycles. The van der Waals surface area contributed by atoms with Gasteiger partial charge in [-0.1, -0.05) is 23.7 Å². The second-order valence-electron chi connectivity index (χ2n) is 4.92. The predicted octanol–water partition coefficient (Wildman–Crippen LogP) is 2.08. The van der Waals surface area contributed by atoms with Crippen molar-refractivity contribution in [2.45, 2.75) is 11.8 Å². The van der Waals surface area contributed by atoms with E-state index in [1.807, 2.05) is 12.1 Å². The summed E-state index contributed by atoms with van der Waals surface area (Å²) in [7, 11) is 0. The van der Waals surface area contributed by atoms with E-state index in [0.29, 0.717) is 5.41 Å². The van der Waals surface area contributed by atoms with Crippen molar-refractivity contribution in [1.82, 2.24) is 15.5 Å². The first-order valence-corrected chi connectivity index (χ1v) is 6.03. The highest BCUT2D eigenvalue weighted by Gasteiger charge is 2.60. The lowest BCUT2D eigenvalue weighted by Crippen LogP contribution is -2.19. The smallest absolute Gasteiger partial charge is 0.0839 e. The summed E-state index contributed by atoms with van der Waals surface area (Å²) in [5, 5.41) is 13.0. The van der Waals surface area contributed by atoms with Gasteiger partial charge >= 0.3 is 0 Å². The summed E-state index contributed by atoms with van der Waals surface area (Å²) in [5.74, 6) is 0.776. The summed E-state index contributed by atoms with van der Waals surface area (Å²) in [6.07, 6.45) is 1.27. The van der Waals surface area contributed by atoms with Crippen LogP contribution in [-0.4, -0.2) is 23.3 Å². The SMILES string of the molecule is Clc1cccc2c(C34CNC[C@H]3C4)n[nH]c12. The summed E-state index contributed by atoms with van der Waals surface area (Å²) >= 11 is 6.15. The summed E-state index contributed by atoms with van der Waals surface area (Å²) in [6.45, 7) is 2.19. The van der Waals surface area contributed by atoms with Crippen LogP contribution in [0.4, 0.5) is 0 Å². The number of para-hydroxylation sites is 1. The highest BCUT2D eigenvalue weighted by Crippen LogP contribution is 2.57. The number of halogens is 1. The number of nitrogens with one attached hydrogen (secondary N) is 2. The Balaban J connectivity index is 1.96. The molecule has 1 unspecified atom stereocenters. The van der Waals surface area contributed by atoms with Crippen molar-refractivity contribution in [3.63, 3.8) is 0 Å². The molecule has 2 aliphatic rings. The minimum absolute atomic E-state index is 0.295. The number of rotatable bonds is 1.